The lowest BCUT2D eigenvalue weighted by Gasteiger charge is -2.45. The van der Waals surface area contributed by atoms with Gasteiger partial charge in [0.15, 0.2) is 0 Å². The number of carbonyl (C=O) groups is 1. The number of nitrogens with zero attached hydrogens (tertiary/aromatic N) is 3. The first-order chi connectivity index (χ1) is 13.1. The van der Waals surface area contributed by atoms with E-state index in [9.17, 15) is 9.59 Å². The summed E-state index contributed by atoms with van der Waals surface area (Å²) in [6, 6.07) is 5.58. The van der Waals surface area contributed by atoms with E-state index < -0.39 is 0 Å². The van der Waals surface area contributed by atoms with Crippen LogP contribution in [0.25, 0.3) is 11.3 Å². The minimum atomic E-state index is -0.149. The second-order valence-electron chi connectivity index (χ2n) is 6.48. The fraction of sp³-hybridized carbons (Fsp3) is 0.350. The molecule has 0 saturated carbocycles. The van der Waals surface area contributed by atoms with Gasteiger partial charge >= 0.3 is 0 Å². The molecular formula is C20H24N4O3. The quantitative estimate of drug-likeness (QED) is 0.757. The van der Waals surface area contributed by atoms with Crippen molar-refractivity contribution in [1.82, 2.24) is 14.9 Å². The number of rotatable bonds is 7. The third-order valence-corrected chi connectivity index (χ3v) is 4.71. The number of carbonyl (C=O) groups excluding carboxylic acids is 1. The summed E-state index contributed by atoms with van der Waals surface area (Å²) in [4.78, 5) is 35.2. The van der Waals surface area contributed by atoms with Crippen molar-refractivity contribution in [3.63, 3.8) is 0 Å². The van der Waals surface area contributed by atoms with E-state index in [1.54, 1.807) is 30.5 Å². The molecule has 0 bridgehead atoms. The Balaban J connectivity index is 1.90. The molecule has 2 aromatic heterocycles. The van der Waals surface area contributed by atoms with Crippen LogP contribution in [0, 0.1) is 0 Å². The number of ether oxygens (including phenoxy) is 1. The maximum absolute atomic E-state index is 12.5. The molecule has 3 rings (SSSR count). The zero-order valence-corrected chi connectivity index (χ0v) is 15.6. The van der Waals surface area contributed by atoms with E-state index in [0.29, 0.717) is 24.5 Å². The zero-order chi connectivity index (χ0) is 19.4. The van der Waals surface area contributed by atoms with Crippen molar-refractivity contribution in [1.29, 1.82) is 0 Å². The van der Waals surface area contributed by atoms with Gasteiger partial charge < -0.3 is 19.5 Å². The molecule has 0 aliphatic carbocycles. The fourth-order valence-electron chi connectivity index (χ4n) is 3.23. The number of hydrogen-bond donors (Lipinski definition) is 1. The predicted molar refractivity (Wildman–Crippen MR) is 105 cm³/mol. The molecule has 7 nitrogen and oxygen atoms in total. The molecule has 1 fully saturated rings. The topological polar surface area (TPSA) is 78.5 Å². The predicted octanol–water partition coefficient (Wildman–Crippen LogP) is 2.06. The van der Waals surface area contributed by atoms with Crippen LogP contribution in [0.1, 0.15) is 13.3 Å². The number of aromatic nitrogens is 2. The molecular weight excluding hydrogens is 344 g/mol. The number of hydrogen-bond acceptors (Lipinski definition) is 5. The Bertz CT molecular complexity index is 887. The molecule has 27 heavy (non-hydrogen) atoms. The molecule has 7 heteroatoms. The van der Waals surface area contributed by atoms with Gasteiger partial charge in [-0.2, -0.15) is 0 Å². The summed E-state index contributed by atoms with van der Waals surface area (Å²) in [6.45, 7) is 7.51. The van der Waals surface area contributed by atoms with Crippen LogP contribution in [0.3, 0.4) is 0 Å². The van der Waals surface area contributed by atoms with Crippen molar-refractivity contribution in [2.45, 2.75) is 19.4 Å². The number of methoxy groups -OCH3 is 1. The maximum atomic E-state index is 12.5. The molecule has 1 aliphatic rings. The molecule has 2 aromatic rings. The second kappa shape index (κ2) is 8.07. The first kappa shape index (κ1) is 18.7. The molecule has 3 heterocycles. The highest BCUT2D eigenvalue weighted by Gasteiger charge is 2.34. The van der Waals surface area contributed by atoms with Gasteiger partial charge in [0.2, 0.25) is 5.91 Å². The molecule has 1 amide bonds. The summed E-state index contributed by atoms with van der Waals surface area (Å²) in [6.07, 6.45) is 5.55. The molecule has 0 radical (unpaired) electrons. The van der Waals surface area contributed by atoms with Crippen molar-refractivity contribution < 1.29 is 9.53 Å². The normalized spacial score (nSPS) is 13.8. The summed E-state index contributed by atoms with van der Waals surface area (Å²) in [5.74, 6) is 0.627. The third kappa shape index (κ3) is 3.86. The Labute approximate surface area is 158 Å². The minimum absolute atomic E-state index is 0.0778. The molecule has 0 aromatic carbocycles. The molecule has 142 valence electrons. The summed E-state index contributed by atoms with van der Waals surface area (Å²) >= 11 is 0. The highest BCUT2D eigenvalue weighted by molar-refractivity contribution is 5.87. The van der Waals surface area contributed by atoms with Gasteiger partial charge in [0.25, 0.3) is 5.56 Å². The van der Waals surface area contributed by atoms with Crippen LogP contribution >= 0.6 is 0 Å². The van der Waals surface area contributed by atoms with Gasteiger partial charge in [-0.15, -0.1) is 0 Å². The van der Waals surface area contributed by atoms with Crippen molar-refractivity contribution in [3.8, 4) is 17.0 Å². The van der Waals surface area contributed by atoms with Crippen LogP contribution in [0.2, 0.25) is 0 Å². The maximum Gasteiger partial charge on any atom is 0.271 e. The summed E-state index contributed by atoms with van der Waals surface area (Å²) in [7, 11) is 1.60. The first-order valence-corrected chi connectivity index (χ1v) is 8.98. The van der Waals surface area contributed by atoms with E-state index >= 15 is 0 Å². The van der Waals surface area contributed by atoms with E-state index in [2.05, 4.69) is 28.4 Å². The number of aromatic amines is 1. The van der Waals surface area contributed by atoms with Crippen LogP contribution in [0.15, 0.2) is 48.0 Å². The highest BCUT2D eigenvalue weighted by Crippen LogP contribution is 2.26. The SMILES string of the molecule is C=CC(=O)N1CC(N(CCC)c2cc(-c3cc(OC)ccn3)c[nH]c2=O)C1. The average molecular weight is 368 g/mol. The molecule has 1 aliphatic heterocycles. The number of anilines is 1. The van der Waals surface area contributed by atoms with Crippen molar-refractivity contribution in [2.24, 2.45) is 0 Å². The summed E-state index contributed by atoms with van der Waals surface area (Å²) < 4.78 is 5.26. The number of pyridine rings is 2. The van der Waals surface area contributed by atoms with Gasteiger partial charge in [0.05, 0.1) is 18.8 Å². The van der Waals surface area contributed by atoms with Crippen LogP contribution in [-0.4, -0.2) is 53.6 Å². The van der Waals surface area contributed by atoms with E-state index in [1.807, 2.05) is 12.1 Å². The van der Waals surface area contributed by atoms with E-state index in [0.717, 1.165) is 24.2 Å². The van der Waals surface area contributed by atoms with Crippen LogP contribution in [0.4, 0.5) is 5.69 Å². The molecule has 1 N–H and O–H groups in total. The van der Waals surface area contributed by atoms with Gasteiger partial charge in [-0.05, 0) is 24.6 Å². The monoisotopic (exact) mass is 368 g/mol. The Kier molecular flexibility index (Phi) is 5.59. The Morgan fingerprint density at radius 2 is 2.26 bits per heavy atom. The lowest BCUT2D eigenvalue weighted by atomic mass is 10.0. The van der Waals surface area contributed by atoms with Crippen molar-refractivity contribution >= 4 is 11.6 Å². The molecule has 0 unspecified atom stereocenters. The van der Waals surface area contributed by atoms with Gasteiger partial charge in [-0.1, -0.05) is 13.5 Å². The minimum Gasteiger partial charge on any atom is -0.497 e. The molecule has 1 saturated heterocycles. The van der Waals surface area contributed by atoms with Crippen LogP contribution in [-0.2, 0) is 4.79 Å². The van der Waals surface area contributed by atoms with Crippen molar-refractivity contribution in [2.75, 3.05) is 31.6 Å². The Morgan fingerprint density at radius 3 is 2.93 bits per heavy atom. The molecule has 0 spiro atoms. The lowest BCUT2D eigenvalue weighted by Crippen LogP contribution is -2.61. The first-order valence-electron chi connectivity index (χ1n) is 8.98. The Morgan fingerprint density at radius 1 is 1.48 bits per heavy atom. The smallest absolute Gasteiger partial charge is 0.271 e. The van der Waals surface area contributed by atoms with Crippen LogP contribution < -0.4 is 15.2 Å². The van der Waals surface area contributed by atoms with Crippen LogP contribution in [0.5, 0.6) is 5.75 Å². The zero-order valence-electron chi connectivity index (χ0n) is 15.6. The number of H-pyrrole nitrogens is 1. The van der Waals surface area contributed by atoms with E-state index in [4.69, 9.17) is 4.74 Å². The van der Waals surface area contributed by atoms with Gasteiger partial charge in [0.1, 0.15) is 11.4 Å². The van der Waals surface area contributed by atoms with Gasteiger partial charge in [-0.3, -0.25) is 14.6 Å². The standard InChI is InChI=1S/C20H24N4O3/c1-4-8-24(15-12-23(13-15)19(25)5-2)18-9-14(11-22-20(18)26)17-10-16(27-3)6-7-21-17/h5-7,9-11,15H,2,4,8,12-13H2,1,3H3,(H,22,26). The third-order valence-electron chi connectivity index (χ3n) is 4.71. The fourth-order valence-corrected chi connectivity index (χ4v) is 3.23. The second-order valence-corrected chi connectivity index (χ2v) is 6.48. The number of nitrogens with one attached hydrogen (secondary N) is 1. The summed E-state index contributed by atoms with van der Waals surface area (Å²) in [5, 5.41) is 0. The lowest BCUT2D eigenvalue weighted by molar-refractivity contribution is -0.130. The van der Waals surface area contributed by atoms with E-state index in [-0.39, 0.29) is 17.5 Å². The largest absolute Gasteiger partial charge is 0.497 e. The molecule has 0 atom stereocenters. The number of likely N-dealkylation sites (tertiary alicyclic amines) is 1. The van der Waals surface area contributed by atoms with Gasteiger partial charge in [-0.25, -0.2) is 0 Å². The highest BCUT2D eigenvalue weighted by atomic mass is 16.5. The van der Waals surface area contributed by atoms with Gasteiger partial charge in [0, 0.05) is 43.7 Å². The average Bonchev–Trinajstić information content (AvgIpc) is 2.66. The summed E-state index contributed by atoms with van der Waals surface area (Å²) in [5.41, 5.74) is 1.97. The van der Waals surface area contributed by atoms with Crippen molar-refractivity contribution in [3.05, 3.63) is 53.6 Å². The number of amides is 1. The Hall–Kier alpha value is -3.09. The van der Waals surface area contributed by atoms with E-state index in [1.165, 1.54) is 6.08 Å².